The van der Waals surface area contributed by atoms with Crippen LogP contribution in [0.4, 0.5) is 10.1 Å². The monoisotopic (exact) mass is 245 g/mol. The van der Waals surface area contributed by atoms with E-state index in [1.165, 1.54) is 6.07 Å². The van der Waals surface area contributed by atoms with Gasteiger partial charge < -0.3 is 10.5 Å². The lowest BCUT2D eigenvalue weighted by atomic mass is 10.0. The number of benzene rings is 2. The summed E-state index contributed by atoms with van der Waals surface area (Å²) in [5.41, 5.74) is 7.50. The van der Waals surface area contributed by atoms with Crippen molar-refractivity contribution in [1.29, 1.82) is 0 Å². The number of ether oxygens (including phenoxy) is 1. The van der Waals surface area contributed by atoms with Gasteiger partial charge in [-0.1, -0.05) is 31.2 Å². The average molecular weight is 245 g/mol. The van der Waals surface area contributed by atoms with E-state index in [0.717, 1.165) is 17.7 Å². The Bertz CT molecular complexity index is 523. The second-order valence-corrected chi connectivity index (χ2v) is 4.07. The summed E-state index contributed by atoms with van der Waals surface area (Å²) in [5, 5.41) is 0. The molecule has 2 nitrogen and oxygen atoms in total. The highest BCUT2D eigenvalue weighted by molar-refractivity contribution is 5.76. The minimum Gasteiger partial charge on any atom is -0.494 e. The van der Waals surface area contributed by atoms with Crippen molar-refractivity contribution in [1.82, 2.24) is 0 Å². The van der Waals surface area contributed by atoms with Crippen molar-refractivity contribution >= 4 is 5.69 Å². The number of hydrogen-bond donors (Lipinski definition) is 1. The van der Waals surface area contributed by atoms with Crippen molar-refractivity contribution in [3.05, 3.63) is 48.3 Å². The Morgan fingerprint density at radius 2 is 1.83 bits per heavy atom. The molecule has 0 aliphatic heterocycles. The number of para-hydroxylation sites is 1. The molecule has 2 aromatic carbocycles. The second-order valence-electron chi connectivity index (χ2n) is 4.07. The number of halogens is 1. The normalized spacial score (nSPS) is 10.3. The van der Waals surface area contributed by atoms with Gasteiger partial charge in [-0.25, -0.2) is 4.39 Å². The molecule has 2 rings (SSSR count). The standard InChI is InChI=1S/C15H16FNO/c1-2-10-18-12-8-6-11(7-9-12)13-4-3-5-14(16)15(13)17/h3-9H,2,10,17H2,1H3. The molecule has 94 valence electrons. The van der Waals surface area contributed by atoms with E-state index < -0.39 is 0 Å². The minimum absolute atomic E-state index is 0.180. The quantitative estimate of drug-likeness (QED) is 0.830. The van der Waals surface area contributed by atoms with E-state index in [-0.39, 0.29) is 11.5 Å². The third kappa shape index (κ3) is 2.62. The molecular formula is C15H16FNO. The van der Waals surface area contributed by atoms with E-state index in [1.807, 2.05) is 24.3 Å². The van der Waals surface area contributed by atoms with E-state index in [0.29, 0.717) is 12.2 Å². The van der Waals surface area contributed by atoms with Crippen molar-refractivity contribution in [3.8, 4) is 16.9 Å². The molecule has 0 heterocycles. The lowest BCUT2D eigenvalue weighted by Gasteiger charge is -2.08. The highest BCUT2D eigenvalue weighted by Gasteiger charge is 2.06. The molecule has 0 bridgehead atoms. The molecule has 0 fully saturated rings. The van der Waals surface area contributed by atoms with Crippen LogP contribution in [0.25, 0.3) is 11.1 Å². The van der Waals surface area contributed by atoms with Gasteiger partial charge in [-0.3, -0.25) is 0 Å². The van der Waals surface area contributed by atoms with Gasteiger partial charge in [0.05, 0.1) is 12.3 Å². The zero-order valence-corrected chi connectivity index (χ0v) is 10.3. The number of nitrogens with two attached hydrogens (primary N) is 1. The largest absolute Gasteiger partial charge is 0.494 e. The van der Waals surface area contributed by atoms with Gasteiger partial charge in [-0.05, 0) is 30.2 Å². The van der Waals surface area contributed by atoms with Crippen LogP contribution in [0.5, 0.6) is 5.75 Å². The Morgan fingerprint density at radius 1 is 1.11 bits per heavy atom. The Balaban J connectivity index is 2.26. The van der Waals surface area contributed by atoms with Gasteiger partial charge in [0.15, 0.2) is 0 Å². The van der Waals surface area contributed by atoms with Crippen molar-refractivity contribution in [2.45, 2.75) is 13.3 Å². The highest BCUT2D eigenvalue weighted by Crippen LogP contribution is 2.29. The fraction of sp³-hybridized carbons (Fsp3) is 0.200. The first-order valence-corrected chi connectivity index (χ1v) is 5.99. The van der Waals surface area contributed by atoms with Crippen LogP contribution < -0.4 is 10.5 Å². The van der Waals surface area contributed by atoms with Crippen LogP contribution in [-0.2, 0) is 0 Å². The molecular weight excluding hydrogens is 229 g/mol. The van der Waals surface area contributed by atoms with E-state index in [9.17, 15) is 4.39 Å². The maximum Gasteiger partial charge on any atom is 0.146 e. The summed E-state index contributed by atoms with van der Waals surface area (Å²) in [7, 11) is 0. The zero-order chi connectivity index (χ0) is 13.0. The molecule has 2 aromatic rings. The SMILES string of the molecule is CCCOc1ccc(-c2cccc(F)c2N)cc1. The fourth-order valence-corrected chi connectivity index (χ4v) is 1.74. The molecule has 0 aliphatic carbocycles. The topological polar surface area (TPSA) is 35.2 Å². The summed E-state index contributed by atoms with van der Waals surface area (Å²) in [6.45, 7) is 2.75. The maximum atomic E-state index is 13.4. The third-order valence-electron chi connectivity index (χ3n) is 2.69. The first-order valence-electron chi connectivity index (χ1n) is 5.99. The lowest BCUT2D eigenvalue weighted by molar-refractivity contribution is 0.317. The van der Waals surface area contributed by atoms with Crippen molar-refractivity contribution in [2.24, 2.45) is 0 Å². The Morgan fingerprint density at radius 3 is 2.50 bits per heavy atom. The van der Waals surface area contributed by atoms with Crippen molar-refractivity contribution in [3.63, 3.8) is 0 Å². The average Bonchev–Trinajstić information content (AvgIpc) is 2.40. The van der Waals surface area contributed by atoms with Crippen LogP contribution in [0, 0.1) is 5.82 Å². The minimum atomic E-state index is -0.390. The van der Waals surface area contributed by atoms with Crippen LogP contribution in [0.3, 0.4) is 0 Å². The molecule has 18 heavy (non-hydrogen) atoms. The van der Waals surface area contributed by atoms with E-state index in [2.05, 4.69) is 6.92 Å². The van der Waals surface area contributed by atoms with Gasteiger partial charge in [0.1, 0.15) is 11.6 Å². The van der Waals surface area contributed by atoms with Crippen LogP contribution in [0.1, 0.15) is 13.3 Å². The number of anilines is 1. The number of nitrogen functional groups attached to an aromatic ring is 1. The Hall–Kier alpha value is -2.03. The molecule has 2 N–H and O–H groups in total. The van der Waals surface area contributed by atoms with E-state index >= 15 is 0 Å². The number of rotatable bonds is 4. The first-order chi connectivity index (χ1) is 8.72. The Kier molecular flexibility index (Phi) is 3.82. The summed E-state index contributed by atoms with van der Waals surface area (Å²) in [5.74, 6) is 0.425. The molecule has 0 atom stereocenters. The highest BCUT2D eigenvalue weighted by atomic mass is 19.1. The van der Waals surface area contributed by atoms with E-state index in [4.69, 9.17) is 10.5 Å². The molecule has 0 unspecified atom stereocenters. The summed E-state index contributed by atoms with van der Waals surface area (Å²) in [4.78, 5) is 0. The molecule has 0 aromatic heterocycles. The summed E-state index contributed by atoms with van der Waals surface area (Å²) in [6.07, 6.45) is 0.971. The third-order valence-corrected chi connectivity index (χ3v) is 2.69. The van der Waals surface area contributed by atoms with Crippen LogP contribution in [0.15, 0.2) is 42.5 Å². The van der Waals surface area contributed by atoms with Gasteiger partial charge in [-0.15, -0.1) is 0 Å². The van der Waals surface area contributed by atoms with Crippen molar-refractivity contribution in [2.75, 3.05) is 12.3 Å². The second kappa shape index (κ2) is 5.54. The molecule has 0 radical (unpaired) electrons. The van der Waals surface area contributed by atoms with Gasteiger partial charge in [0, 0.05) is 5.56 Å². The first kappa shape index (κ1) is 12.4. The molecule has 3 heteroatoms. The lowest BCUT2D eigenvalue weighted by Crippen LogP contribution is -1.96. The van der Waals surface area contributed by atoms with Gasteiger partial charge in [0.25, 0.3) is 0 Å². The maximum absolute atomic E-state index is 13.4. The van der Waals surface area contributed by atoms with Crippen LogP contribution >= 0.6 is 0 Å². The summed E-state index contributed by atoms with van der Waals surface area (Å²) in [6, 6.07) is 12.3. The zero-order valence-electron chi connectivity index (χ0n) is 10.3. The molecule has 0 aliphatic rings. The van der Waals surface area contributed by atoms with Gasteiger partial charge in [0.2, 0.25) is 0 Å². The van der Waals surface area contributed by atoms with E-state index in [1.54, 1.807) is 12.1 Å². The van der Waals surface area contributed by atoms with Gasteiger partial charge in [-0.2, -0.15) is 0 Å². The Labute approximate surface area is 106 Å². The summed E-state index contributed by atoms with van der Waals surface area (Å²) < 4.78 is 18.9. The van der Waals surface area contributed by atoms with Gasteiger partial charge >= 0.3 is 0 Å². The fourth-order valence-electron chi connectivity index (χ4n) is 1.74. The smallest absolute Gasteiger partial charge is 0.146 e. The molecule has 0 saturated carbocycles. The van der Waals surface area contributed by atoms with Crippen molar-refractivity contribution < 1.29 is 9.13 Å². The van der Waals surface area contributed by atoms with Crippen LogP contribution in [-0.4, -0.2) is 6.61 Å². The number of hydrogen-bond acceptors (Lipinski definition) is 2. The molecule has 0 saturated heterocycles. The molecule has 0 spiro atoms. The predicted octanol–water partition coefficient (Wildman–Crippen LogP) is 3.86. The summed E-state index contributed by atoms with van der Waals surface area (Å²) >= 11 is 0. The predicted molar refractivity (Wildman–Crippen MR) is 72.0 cm³/mol. The molecule has 0 amide bonds. The van der Waals surface area contributed by atoms with Crippen LogP contribution in [0.2, 0.25) is 0 Å².